The normalized spacial score (nSPS) is 10.4. The van der Waals surface area contributed by atoms with E-state index in [1.54, 1.807) is 19.9 Å². The summed E-state index contributed by atoms with van der Waals surface area (Å²) in [6, 6.07) is 8.17. The molecule has 0 N–H and O–H groups in total. The number of ketones is 1. The Balaban J connectivity index is 2.49. The van der Waals surface area contributed by atoms with E-state index in [0.29, 0.717) is 5.56 Å². The molecule has 0 bridgehead atoms. The zero-order chi connectivity index (χ0) is 13.3. The van der Waals surface area contributed by atoms with Gasteiger partial charge < -0.3 is 0 Å². The fourth-order valence-electron chi connectivity index (χ4n) is 1.95. The Kier molecular flexibility index (Phi) is 3.24. The Morgan fingerprint density at radius 1 is 1.00 bits per heavy atom. The van der Waals surface area contributed by atoms with Crippen molar-refractivity contribution >= 4 is 5.78 Å². The van der Waals surface area contributed by atoms with E-state index in [1.165, 1.54) is 30.3 Å². The number of hydrogen-bond acceptors (Lipinski definition) is 1. The van der Waals surface area contributed by atoms with Crippen LogP contribution < -0.4 is 0 Å². The molecule has 0 heterocycles. The van der Waals surface area contributed by atoms with E-state index < -0.39 is 17.4 Å². The van der Waals surface area contributed by atoms with Crippen LogP contribution in [0, 0.1) is 25.5 Å². The van der Waals surface area contributed by atoms with Crippen LogP contribution in [0.15, 0.2) is 36.4 Å². The van der Waals surface area contributed by atoms with Crippen LogP contribution >= 0.6 is 0 Å². The van der Waals surface area contributed by atoms with Crippen molar-refractivity contribution in [2.24, 2.45) is 0 Å². The number of hydrogen-bond donors (Lipinski definition) is 0. The lowest BCUT2D eigenvalue weighted by Gasteiger charge is -2.08. The molecule has 2 rings (SSSR count). The Bertz CT molecular complexity index is 577. The van der Waals surface area contributed by atoms with Gasteiger partial charge >= 0.3 is 0 Å². The van der Waals surface area contributed by atoms with Crippen molar-refractivity contribution in [1.29, 1.82) is 0 Å². The van der Waals surface area contributed by atoms with Gasteiger partial charge in [0.25, 0.3) is 0 Å². The van der Waals surface area contributed by atoms with Crippen LogP contribution in [-0.4, -0.2) is 5.78 Å². The van der Waals surface area contributed by atoms with Gasteiger partial charge in [0.2, 0.25) is 0 Å². The fraction of sp³-hybridized carbons (Fsp3) is 0.133. The minimum absolute atomic E-state index is 0.0483. The predicted molar refractivity (Wildman–Crippen MR) is 65.7 cm³/mol. The summed E-state index contributed by atoms with van der Waals surface area (Å²) < 4.78 is 26.6. The molecule has 92 valence electrons. The van der Waals surface area contributed by atoms with Crippen molar-refractivity contribution in [1.82, 2.24) is 0 Å². The molecule has 0 aromatic heterocycles. The minimum atomic E-state index is -0.540. The zero-order valence-corrected chi connectivity index (χ0v) is 10.1. The summed E-state index contributed by atoms with van der Waals surface area (Å²) in [7, 11) is 0. The second-order valence-corrected chi connectivity index (χ2v) is 4.27. The van der Waals surface area contributed by atoms with Gasteiger partial charge in [-0.25, -0.2) is 8.78 Å². The lowest BCUT2D eigenvalue weighted by molar-refractivity contribution is 0.103. The molecule has 0 unspecified atom stereocenters. The van der Waals surface area contributed by atoms with Crippen LogP contribution in [0.4, 0.5) is 8.78 Å². The largest absolute Gasteiger partial charge is 0.288 e. The van der Waals surface area contributed by atoms with E-state index >= 15 is 0 Å². The second-order valence-electron chi connectivity index (χ2n) is 4.27. The van der Waals surface area contributed by atoms with Gasteiger partial charge in [-0.15, -0.1) is 0 Å². The first kappa shape index (κ1) is 12.4. The predicted octanol–water partition coefficient (Wildman–Crippen LogP) is 3.81. The second kappa shape index (κ2) is 4.69. The van der Waals surface area contributed by atoms with Crippen molar-refractivity contribution in [3.05, 3.63) is 70.3 Å². The summed E-state index contributed by atoms with van der Waals surface area (Å²) in [5.41, 5.74) is 1.68. The van der Waals surface area contributed by atoms with Crippen LogP contribution in [0.3, 0.4) is 0 Å². The first-order chi connectivity index (χ1) is 8.49. The summed E-state index contributed by atoms with van der Waals surface area (Å²) in [5.74, 6) is -1.39. The van der Waals surface area contributed by atoms with Gasteiger partial charge in [0.15, 0.2) is 5.78 Å². The smallest absolute Gasteiger partial charge is 0.196 e. The van der Waals surface area contributed by atoms with Crippen LogP contribution in [0.2, 0.25) is 0 Å². The van der Waals surface area contributed by atoms with Crippen LogP contribution in [0.25, 0.3) is 0 Å². The van der Waals surface area contributed by atoms with E-state index in [9.17, 15) is 13.6 Å². The summed E-state index contributed by atoms with van der Waals surface area (Å²) in [6.07, 6.45) is 0. The third-order valence-electron chi connectivity index (χ3n) is 2.77. The molecular weight excluding hydrogens is 234 g/mol. The lowest BCUT2D eigenvalue weighted by atomic mass is 9.97. The molecule has 0 spiro atoms. The lowest BCUT2D eigenvalue weighted by Crippen LogP contribution is -2.07. The summed E-state index contributed by atoms with van der Waals surface area (Å²) in [5, 5.41) is 0. The van der Waals surface area contributed by atoms with Gasteiger partial charge in [-0.1, -0.05) is 6.07 Å². The maximum absolute atomic E-state index is 13.8. The van der Waals surface area contributed by atoms with Gasteiger partial charge in [0.1, 0.15) is 11.6 Å². The third-order valence-corrected chi connectivity index (χ3v) is 2.77. The average Bonchev–Trinajstić information content (AvgIpc) is 2.28. The number of carbonyl (C=O) groups is 1. The van der Waals surface area contributed by atoms with Gasteiger partial charge in [-0.05, 0) is 55.3 Å². The molecule has 2 aromatic rings. The molecule has 0 fully saturated rings. The molecule has 0 aliphatic heterocycles. The summed E-state index contributed by atoms with van der Waals surface area (Å²) in [6.45, 7) is 3.45. The average molecular weight is 246 g/mol. The van der Waals surface area contributed by atoms with Crippen molar-refractivity contribution in [2.45, 2.75) is 13.8 Å². The van der Waals surface area contributed by atoms with Gasteiger partial charge in [-0.2, -0.15) is 0 Å². The molecule has 0 aliphatic rings. The highest BCUT2D eigenvalue weighted by Crippen LogP contribution is 2.19. The molecule has 0 radical (unpaired) electrons. The van der Waals surface area contributed by atoms with Crippen LogP contribution in [0.5, 0.6) is 0 Å². The van der Waals surface area contributed by atoms with Gasteiger partial charge in [-0.3, -0.25) is 4.79 Å². The Morgan fingerprint density at radius 2 is 1.61 bits per heavy atom. The highest BCUT2D eigenvalue weighted by molar-refractivity contribution is 6.10. The molecule has 2 aromatic carbocycles. The summed E-state index contributed by atoms with van der Waals surface area (Å²) >= 11 is 0. The van der Waals surface area contributed by atoms with Gasteiger partial charge in [0.05, 0.1) is 5.56 Å². The van der Waals surface area contributed by atoms with Crippen molar-refractivity contribution < 1.29 is 13.6 Å². The quantitative estimate of drug-likeness (QED) is 0.736. The molecule has 0 atom stereocenters. The maximum Gasteiger partial charge on any atom is 0.196 e. The SMILES string of the molecule is Cc1cc(C)c(C(=O)c2ccc(F)cc2)c(F)c1. The Labute approximate surface area is 104 Å². The number of rotatable bonds is 2. The molecule has 18 heavy (non-hydrogen) atoms. The van der Waals surface area contributed by atoms with Crippen molar-refractivity contribution in [2.75, 3.05) is 0 Å². The Morgan fingerprint density at radius 3 is 2.17 bits per heavy atom. The first-order valence-corrected chi connectivity index (χ1v) is 5.56. The standard InChI is InChI=1S/C15H12F2O/c1-9-7-10(2)14(13(17)8-9)15(18)11-3-5-12(16)6-4-11/h3-8H,1-2H3. The number of benzene rings is 2. The van der Waals surface area contributed by atoms with E-state index in [-0.39, 0.29) is 11.1 Å². The van der Waals surface area contributed by atoms with Gasteiger partial charge in [0, 0.05) is 5.56 Å². The topological polar surface area (TPSA) is 17.1 Å². The molecule has 1 nitrogen and oxygen atoms in total. The van der Waals surface area contributed by atoms with Crippen molar-refractivity contribution in [3.8, 4) is 0 Å². The van der Waals surface area contributed by atoms with Crippen LogP contribution in [0.1, 0.15) is 27.0 Å². The zero-order valence-electron chi connectivity index (χ0n) is 10.1. The highest BCUT2D eigenvalue weighted by atomic mass is 19.1. The number of halogens is 2. The van der Waals surface area contributed by atoms with Crippen LogP contribution in [-0.2, 0) is 0 Å². The van der Waals surface area contributed by atoms with E-state index in [4.69, 9.17) is 0 Å². The monoisotopic (exact) mass is 246 g/mol. The summed E-state index contributed by atoms with van der Waals surface area (Å²) in [4.78, 5) is 12.1. The molecule has 0 saturated carbocycles. The van der Waals surface area contributed by atoms with E-state index in [1.807, 2.05) is 0 Å². The fourth-order valence-corrected chi connectivity index (χ4v) is 1.95. The maximum atomic E-state index is 13.8. The number of aryl methyl sites for hydroxylation is 2. The third kappa shape index (κ3) is 2.30. The number of carbonyl (C=O) groups excluding carboxylic acids is 1. The molecular formula is C15H12F2O. The minimum Gasteiger partial charge on any atom is -0.288 e. The molecule has 3 heteroatoms. The molecule has 0 saturated heterocycles. The van der Waals surface area contributed by atoms with E-state index in [0.717, 1.165) is 5.56 Å². The highest BCUT2D eigenvalue weighted by Gasteiger charge is 2.17. The van der Waals surface area contributed by atoms with E-state index in [2.05, 4.69) is 0 Å². The first-order valence-electron chi connectivity index (χ1n) is 5.56. The molecule has 0 aliphatic carbocycles. The molecule has 0 amide bonds. The van der Waals surface area contributed by atoms with Crippen molar-refractivity contribution in [3.63, 3.8) is 0 Å². The Hall–Kier alpha value is -2.03.